The lowest BCUT2D eigenvalue weighted by atomic mass is 10.2. The minimum atomic E-state index is -0.602. The van der Waals surface area contributed by atoms with Crippen molar-refractivity contribution in [1.29, 1.82) is 0 Å². The number of carbonyl (C=O) groups excluding carboxylic acids is 3. The van der Waals surface area contributed by atoms with Crippen molar-refractivity contribution in [2.45, 2.75) is 39.3 Å². The van der Waals surface area contributed by atoms with Gasteiger partial charge in [-0.15, -0.1) is 0 Å². The SMILES string of the molecule is CC(C)(C)OC(=O)CNC(=O)CC(=O)NCc1ccccc1. The third-order valence-corrected chi connectivity index (χ3v) is 2.50. The van der Waals surface area contributed by atoms with Crippen LogP contribution < -0.4 is 10.6 Å². The van der Waals surface area contributed by atoms with Crippen molar-refractivity contribution in [2.24, 2.45) is 0 Å². The maximum Gasteiger partial charge on any atom is 0.325 e. The van der Waals surface area contributed by atoms with Crippen LogP contribution in [0.25, 0.3) is 0 Å². The molecule has 0 saturated carbocycles. The molecule has 120 valence electrons. The first kappa shape index (κ1) is 17.7. The molecule has 0 unspecified atom stereocenters. The van der Waals surface area contributed by atoms with Crippen LogP contribution in [0, 0.1) is 0 Å². The van der Waals surface area contributed by atoms with Crippen molar-refractivity contribution in [3.05, 3.63) is 35.9 Å². The summed E-state index contributed by atoms with van der Waals surface area (Å²) >= 11 is 0. The van der Waals surface area contributed by atoms with E-state index in [1.165, 1.54) is 0 Å². The number of hydrogen-bond acceptors (Lipinski definition) is 4. The Morgan fingerprint density at radius 1 is 1.00 bits per heavy atom. The highest BCUT2D eigenvalue weighted by Crippen LogP contribution is 2.06. The number of nitrogens with one attached hydrogen (secondary N) is 2. The summed E-state index contributed by atoms with van der Waals surface area (Å²) in [5, 5.41) is 5.00. The van der Waals surface area contributed by atoms with Gasteiger partial charge in [-0.2, -0.15) is 0 Å². The van der Waals surface area contributed by atoms with Crippen molar-refractivity contribution in [3.8, 4) is 0 Å². The quantitative estimate of drug-likeness (QED) is 0.610. The second-order valence-corrected chi connectivity index (χ2v) is 5.80. The Labute approximate surface area is 130 Å². The fourth-order valence-corrected chi connectivity index (χ4v) is 1.62. The average Bonchev–Trinajstić information content (AvgIpc) is 2.42. The molecule has 0 radical (unpaired) electrons. The summed E-state index contributed by atoms with van der Waals surface area (Å²) in [6.07, 6.45) is -0.324. The van der Waals surface area contributed by atoms with E-state index in [1.54, 1.807) is 20.8 Å². The van der Waals surface area contributed by atoms with Crippen molar-refractivity contribution in [1.82, 2.24) is 10.6 Å². The molecule has 1 aromatic rings. The van der Waals surface area contributed by atoms with E-state index in [9.17, 15) is 14.4 Å². The summed E-state index contributed by atoms with van der Waals surface area (Å²) in [6, 6.07) is 9.38. The number of ether oxygens (including phenoxy) is 1. The monoisotopic (exact) mass is 306 g/mol. The van der Waals surface area contributed by atoms with Crippen LogP contribution in [0.2, 0.25) is 0 Å². The third kappa shape index (κ3) is 8.04. The standard InChI is InChI=1S/C16H22N2O4/c1-16(2,3)22-15(21)11-18-14(20)9-13(19)17-10-12-7-5-4-6-8-12/h4-8H,9-11H2,1-3H3,(H,17,19)(H,18,20). The van der Waals surface area contributed by atoms with Crippen molar-refractivity contribution >= 4 is 17.8 Å². The minimum Gasteiger partial charge on any atom is -0.459 e. The van der Waals surface area contributed by atoms with Crippen LogP contribution >= 0.6 is 0 Å². The summed E-state index contributed by atoms with van der Waals surface area (Å²) < 4.78 is 5.04. The molecule has 0 heterocycles. The van der Waals surface area contributed by atoms with Crippen LogP contribution in [-0.2, 0) is 25.7 Å². The van der Waals surface area contributed by atoms with E-state index in [4.69, 9.17) is 4.74 Å². The predicted molar refractivity (Wildman–Crippen MR) is 81.8 cm³/mol. The third-order valence-electron chi connectivity index (χ3n) is 2.50. The van der Waals surface area contributed by atoms with Crippen molar-refractivity contribution < 1.29 is 19.1 Å². The van der Waals surface area contributed by atoms with Crippen LogP contribution in [0.4, 0.5) is 0 Å². The fraction of sp³-hybridized carbons (Fsp3) is 0.438. The van der Waals surface area contributed by atoms with Gasteiger partial charge in [-0.25, -0.2) is 0 Å². The maximum absolute atomic E-state index is 11.6. The first-order valence-corrected chi connectivity index (χ1v) is 7.05. The van der Waals surface area contributed by atoms with Gasteiger partial charge in [0.1, 0.15) is 18.6 Å². The molecule has 0 aliphatic heterocycles. The molecule has 2 N–H and O–H groups in total. The number of rotatable bonds is 6. The molecule has 1 aromatic carbocycles. The molecule has 6 heteroatoms. The maximum atomic E-state index is 11.6. The van der Waals surface area contributed by atoms with Crippen LogP contribution in [0.3, 0.4) is 0 Å². The molecule has 0 aliphatic rings. The van der Waals surface area contributed by atoms with E-state index < -0.39 is 23.4 Å². The van der Waals surface area contributed by atoms with Crippen LogP contribution in [0.5, 0.6) is 0 Å². The Morgan fingerprint density at radius 3 is 2.18 bits per heavy atom. The Morgan fingerprint density at radius 2 is 1.59 bits per heavy atom. The topological polar surface area (TPSA) is 84.5 Å². The molecule has 22 heavy (non-hydrogen) atoms. The van der Waals surface area contributed by atoms with Gasteiger partial charge in [0.15, 0.2) is 0 Å². The van der Waals surface area contributed by atoms with Gasteiger partial charge in [-0.1, -0.05) is 30.3 Å². The number of esters is 1. The van der Waals surface area contributed by atoms with E-state index in [2.05, 4.69) is 10.6 Å². The molecule has 2 amide bonds. The highest BCUT2D eigenvalue weighted by molar-refractivity contribution is 5.97. The fourth-order valence-electron chi connectivity index (χ4n) is 1.62. The van der Waals surface area contributed by atoms with E-state index >= 15 is 0 Å². The lowest BCUT2D eigenvalue weighted by Crippen LogP contribution is -2.37. The van der Waals surface area contributed by atoms with E-state index in [1.807, 2.05) is 30.3 Å². The van der Waals surface area contributed by atoms with Gasteiger partial charge < -0.3 is 15.4 Å². The average molecular weight is 306 g/mol. The van der Waals surface area contributed by atoms with Gasteiger partial charge in [-0.05, 0) is 26.3 Å². The largest absolute Gasteiger partial charge is 0.459 e. The Balaban J connectivity index is 2.24. The lowest BCUT2D eigenvalue weighted by Gasteiger charge is -2.19. The van der Waals surface area contributed by atoms with Gasteiger partial charge in [0.05, 0.1) is 0 Å². The van der Waals surface area contributed by atoms with Crippen LogP contribution in [0.15, 0.2) is 30.3 Å². The summed E-state index contributed by atoms with van der Waals surface area (Å²) in [6.45, 7) is 5.33. The smallest absolute Gasteiger partial charge is 0.325 e. The van der Waals surface area contributed by atoms with Gasteiger partial charge in [0, 0.05) is 6.54 Å². The lowest BCUT2D eigenvalue weighted by molar-refractivity contribution is -0.154. The molecule has 0 spiro atoms. The zero-order valence-electron chi connectivity index (χ0n) is 13.1. The molecule has 0 atom stereocenters. The first-order chi connectivity index (χ1) is 10.3. The zero-order valence-corrected chi connectivity index (χ0v) is 13.1. The normalized spacial score (nSPS) is 10.7. The van der Waals surface area contributed by atoms with E-state index in [0.717, 1.165) is 5.56 Å². The molecule has 0 saturated heterocycles. The van der Waals surface area contributed by atoms with Crippen molar-refractivity contribution in [3.63, 3.8) is 0 Å². The first-order valence-electron chi connectivity index (χ1n) is 7.05. The van der Waals surface area contributed by atoms with Crippen LogP contribution in [0.1, 0.15) is 32.8 Å². The zero-order chi connectivity index (χ0) is 16.6. The molecular formula is C16H22N2O4. The van der Waals surface area contributed by atoms with E-state index in [-0.39, 0.29) is 13.0 Å². The Bertz CT molecular complexity index is 521. The van der Waals surface area contributed by atoms with E-state index in [0.29, 0.717) is 6.54 Å². The Hall–Kier alpha value is -2.37. The Kier molecular flexibility index (Phi) is 6.56. The van der Waals surface area contributed by atoms with Gasteiger partial charge in [-0.3, -0.25) is 14.4 Å². The molecule has 1 rings (SSSR count). The minimum absolute atomic E-state index is 0.248. The molecule has 0 fully saturated rings. The van der Waals surface area contributed by atoms with Crippen molar-refractivity contribution in [2.75, 3.05) is 6.54 Å². The number of amides is 2. The number of benzene rings is 1. The van der Waals surface area contributed by atoms with Gasteiger partial charge in [0.25, 0.3) is 0 Å². The number of hydrogen-bond donors (Lipinski definition) is 2. The highest BCUT2D eigenvalue weighted by atomic mass is 16.6. The predicted octanol–water partition coefficient (Wildman–Crippen LogP) is 1.15. The summed E-state index contributed by atoms with van der Waals surface area (Å²) in [5.74, 6) is -1.45. The second-order valence-electron chi connectivity index (χ2n) is 5.80. The second kappa shape index (κ2) is 8.17. The molecule has 0 aliphatic carbocycles. The summed E-state index contributed by atoms with van der Waals surface area (Å²) in [4.78, 5) is 34.6. The molecule has 6 nitrogen and oxygen atoms in total. The van der Waals surface area contributed by atoms with Crippen LogP contribution in [-0.4, -0.2) is 29.9 Å². The highest BCUT2D eigenvalue weighted by Gasteiger charge is 2.17. The summed E-state index contributed by atoms with van der Waals surface area (Å²) in [5.41, 5.74) is 0.347. The summed E-state index contributed by atoms with van der Waals surface area (Å²) in [7, 11) is 0. The molecule has 0 bridgehead atoms. The van der Waals surface area contributed by atoms with Gasteiger partial charge >= 0.3 is 5.97 Å². The molecule has 0 aromatic heterocycles. The van der Waals surface area contributed by atoms with Gasteiger partial charge in [0.2, 0.25) is 11.8 Å². The molecular weight excluding hydrogens is 284 g/mol. The number of carbonyl (C=O) groups is 3.